The number of rotatable bonds is 3. The molecule has 3 rings (SSSR count). The van der Waals surface area contributed by atoms with Crippen LogP contribution in [-0.2, 0) is 0 Å². The minimum Gasteiger partial charge on any atom is -0.398 e. The Kier molecular flexibility index (Phi) is 3.56. The zero-order valence-corrected chi connectivity index (χ0v) is 12.1. The molecule has 1 aliphatic heterocycles. The Morgan fingerprint density at radius 1 is 1.30 bits per heavy atom. The molecule has 0 amide bonds. The van der Waals surface area contributed by atoms with Crippen LogP contribution < -0.4 is 11.1 Å². The molecule has 20 heavy (non-hydrogen) atoms. The van der Waals surface area contributed by atoms with E-state index < -0.39 is 0 Å². The zero-order valence-electron chi connectivity index (χ0n) is 11.3. The second-order valence-electron chi connectivity index (χ2n) is 4.69. The van der Waals surface area contributed by atoms with Crippen molar-refractivity contribution in [1.82, 2.24) is 4.98 Å². The standard InChI is InChI=1S/C16H17N3S/c1-20-10-15(17)14-9-19-16-13(14)7-12(8-18-16)11-5-3-2-4-6-11/h2-7,9-10,18-19H,8,17H2,1H3/b15-10-. The van der Waals surface area contributed by atoms with Crippen molar-refractivity contribution in [2.75, 3.05) is 18.1 Å². The lowest BCUT2D eigenvalue weighted by atomic mass is 9.99. The molecule has 4 N–H and O–H groups in total. The van der Waals surface area contributed by atoms with Crippen molar-refractivity contribution in [3.05, 3.63) is 58.6 Å². The average Bonchev–Trinajstić information content (AvgIpc) is 2.91. The predicted molar refractivity (Wildman–Crippen MR) is 89.3 cm³/mol. The van der Waals surface area contributed by atoms with Gasteiger partial charge < -0.3 is 16.0 Å². The van der Waals surface area contributed by atoms with E-state index in [1.807, 2.05) is 23.9 Å². The Hall–Kier alpha value is -2.07. The van der Waals surface area contributed by atoms with Crippen LogP contribution in [0.2, 0.25) is 0 Å². The summed E-state index contributed by atoms with van der Waals surface area (Å²) in [6, 6.07) is 10.4. The number of hydrogen-bond acceptors (Lipinski definition) is 3. The molecule has 3 nitrogen and oxygen atoms in total. The quantitative estimate of drug-likeness (QED) is 0.806. The van der Waals surface area contributed by atoms with Crippen molar-refractivity contribution < 1.29 is 0 Å². The van der Waals surface area contributed by atoms with Crippen LogP contribution in [0.15, 0.2) is 41.9 Å². The van der Waals surface area contributed by atoms with Gasteiger partial charge in [-0.15, -0.1) is 11.8 Å². The number of nitrogens with two attached hydrogens (primary N) is 1. The van der Waals surface area contributed by atoms with Crippen LogP contribution in [0.25, 0.3) is 17.3 Å². The highest BCUT2D eigenvalue weighted by atomic mass is 32.2. The average molecular weight is 283 g/mol. The van der Waals surface area contributed by atoms with Crippen LogP contribution in [-0.4, -0.2) is 17.8 Å². The highest BCUT2D eigenvalue weighted by Crippen LogP contribution is 2.32. The first kappa shape index (κ1) is 12.9. The van der Waals surface area contributed by atoms with Crippen LogP contribution in [0, 0.1) is 0 Å². The fourth-order valence-electron chi connectivity index (χ4n) is 2.41. The number of fused-ring (bicyclic) bond motifs is 1. The molecule has 1 aromatic heterocycles. The van der Waals surface area contributed by atoms with Gasteiger partial charge in [-0.25, -0.2) is 0 Å². The van der Waals surface area contributed by atoms with Gasteiger partial charge in [0.05, 0.1) is 0 Å². The summed E-state index contributed by atoms with van der Waals surface area (Å²) in [6.45, 7) is 0.823. The number of hydrogen-bond donors (Lipinski definition) is 3. The van der Waals surface area contributed by atoms with Crippen molar-refractivity contribution in [2.24, 2.45) is 5.73 Å². The van der Waals surface area contributed by atoms with E-state index in [2.05, 4.69) is 40.6 Å². The number of aromatic amines is 1. The number of benzene rings is 1. The molecular weight excluding hydrogens is 266 g/mol. The van der Waals surface area contributed by atoms with Gasteiger partial charge in [-0.3, -0.25) is 0 Å². The van der Waals surface area contributed by atoms with Crippen molar-refractivity contribution >= 4 is 34.9 Å². The molecule has 2 aromatic rings. The van der Waals surface area contributed by atoms with Crippen LogP contribution in [0.5, 0.6) is 0 Å². The highest BCUT2D eigenvalue weighted by Gasteiger charge is 2.17. The molecule has 0 spiro atoms. The molecule has 4 heteroatoms. The second kappa shape index (κ2) is 5.51. The monoisotopic (exact) mass is 283 g/mol. The summed E-state index contributed by atoms with van der Waals surface area (Å²) in [5.74, 6) is 1.04. The predicted octanol–water partition coefficient (Wildman–Crippen LogP) is 3.60. The minimum atomic E-state index is 0.794. The molecule has 0 bridgehead atoms. The lowest BCUT2D eigenvalue weighted by Gasteiger charge is -2.17. The molecule has 1 aliphatic rings. The first-order valence-corrected chi connectivity index (χ1v) is 7.78. The second-order valence-corrected chi connectivity index (χ2v) is 5.40. The maximum Gasteiger partial charge on any atom is 0.111 e. The fourth-order valence-corrected chi connectivity index (χ4v) is 2.79. The van der Waals surface area contributed by atoms with Gasteiger partial charge in [0.2, 0.25) is 0 Å². The van der Waals surface area contributed by atoms with Gasteiger partial charge in [0.25, 0.3) is 0 Å². The molecule has 2 heterocycles. The van der Waals surface area contributed by atoms with Crippen LogP contribution in [0.4, 0.5) is 5.82 Å². The molecule has 0 unspecified atom stereocenters. The first-order chi connectivity index (χ1) is 9.79. The van der Waals surface area contributed by atoms with Crippen molar-refractivity contribution in [2.45, 2.75) is 0 Å². The van der Waals surface area contributed by atoms with Crippen LogP contribution >= 0.6 is 11.8 Å². The molecule has 0 radical (unpaired) electrons. The lowest BCUT2D eigenvalue weighted by molar-refractivity contribution is 1.26. The number of anilines is 1. The molecule has 0 saturated carbocycles. The third-order valence-corrected chi connectivity index (χ3v) is 3.88. The number of aromatic nitrogens is 1. The maximum absolute atomic E-state index is 6.12. The van der Waals surface area contributed by atoms with Gasteiger partial charge in [-0.05, 0) is 28.9 Å². The Morgan fingerprint density at radius 2 is 2.10 bits per heavy atom. The lowest BCUT2D eigenvalue weighted by Crippen LogP contribution is -2.10. The Morgan fingerprint density at radius 3 is 2.85 bits per heavy atom. The Labute approximate surface area is 123 Å². The summed E-state index contributed by atoms with van der Waals surface area (Å²) in [4.78, 5) is 3.25. The van der Waals surface area contributed by atoms with Gasteiger partial charge in [-0.1, -0.05) is 30.3 Å². The molecule has 1 aromatic carbocycles. The van der Waals surface area contributed by atoms with Gasteiger partial charge in [-0.2, -0.15) is 0 Å². The first-order valence-electron chi connectivity index (χ1n) is 6.49. The SMILES string of the molecule is CS/C=C(\N)c1c[nH]c2c1C=C(c1ccccc1)CN2. The third-order valence-electron chi connectivity index (χ3n) is 3.39. The smallest absolute Gasteiger partial charge is 0.111 e. The van der Waals surface area contributed by atoms with E-state index in [4.69, 9.17) is 5.73 Å². The van der Waals surface area contributed by atoms with E-state index in [9.17, 15) is 0 Å². The fraction of sp³-hybridized carbons (Fsp3) is 0.125. The molecular formula is C16H17N3S. The minimum absolute atomic E-state index is 0.794. The Bertz CT molecular complexity index is 668. The zero-order chi connectivity index (χ0) is 13.9. The van der Waals surface area contributed by atoms with E-state index in [1.165, 1.54) is 11.1 Å². The normalized spacial score (nSPS) is 14.4. The van der Waals surface area contributed by atoms with Crippen LogP contribution in [0.3, 0.4) is 0 Å². The van der Waals surface area contributed by atoms with Gasteiger partial charge in [0, 0.05) is 29.6 Å². The third kappa shape index (κ3) is 2.34. The summed E-state index contributed by atoms with van der Waals surface area (Å²) in [7, 11) is 0. The summed E-state index contributed by atoms with van der Waals surface area (Å²) in [5, 5.41) is 5.38. The number of H-pyrrole nitrogens is 1. The summed E-state index contributed by atoms with van der Waals surface area (Å²) >= 11 is 1.61. The highest BCUT2D eigenvalue weighted by molar-refractivity contribution is 8.01. The van der Waals surface area contributed by atoms with Gasteiger partial charge in [0.1, 0.15) is 5.82 Å². The summed E-state index contributed by atoms with van der Waals surface area (Å²) in [6.07, 6.45) is 6.19. The molecule has 0 aliphatic carbocycles. The van der Waals surface area contributed by atoms with E-state index in [0.717, 1.165) is 29.2 Å². The molecule has 0 fully saturated rings. The van der Waals surface area contributed by atoms with E-state index in [1.54, 1.807) is 11.8 Å². The van der Waals surface area contributed by atoms with E-state index >= 15 is 0 Å². The van der Waals surface area contributed by atoms with E-state index in [0.29, 0.717) is 0 Å². The largest absolute Gasteiger partial charge is 0.398 e. The summed E-state index contributed by atoms with van der Waals surface area (Å²) < 4.78 is 0. The van der Waals surface area contributed by atoms with Gasteiger partial charge >= 0.3 is 0 Å². The molecule has 0 atom stereocenters. The molecule has 0 saturated heterocycles. The Balaban J connectivity index is 2.04. The van der Waals surface area contributed by atoms with Crippen LogP contribution in [0.1, 0.15) is 16.7 Å². The van der Waals surface area contributed by atoms with Crippen molar-refractivity contribution in [3.63, 3.8) is 0 Å². The number of thioether (sulfide) groups is 1. The van der Waals surface area contributed by atoms with Crippen molar-refractivity contribution in [3.8, 4) is 0 Å². The van der Waals surface area contributed by atoms with E-state index in [-0.39, 0.29) is 0 Å². The summed E-state index contributed by atoms with van der Waals surface area (Å²) in [5.41, 5.74) is 11.6. The van der Waals surface area contributed by atoms with Crippen molar-refractivity contribution in [1.29, 1.82) is 0 Å². The topological polar surface area (TPSA) is 53.8 Å². The maximum atomic E-state index is 6.12. The van der Waals surface area contributed by atoms with Gasteiger partial charge in [0.15, 0.2) is 0 Å². The number of nitrogens with one attached hydrogen (secondary N) is 2. The molecule has 102 valence electrons.